The van der Waals surface area contributed by atoms with Gasteiger partial charge in [0.1, 0.15) is 0 Å². The van der Waals surface area contributed by atoms with Gasteiger partial charge in [0.15, 0.2) is 0 Å². The molecule has 1 heteroatoms. The monoisotopic (exact) mass is 133 g/mol. The first kappa shape index (κ1) is 8.29. The van der Waals surface area contributed by atoms with Crippen molar-refractivity contribution in [2.75, 3.05) is 0 Å². The van der Waals surface area contributed by atoms with Crippen LogP contribution in [-0.2, 0) is 0 Å². The van der Waals surface area contributed by atoms with Gasteiger partial charge in [-0.1, -0.05) is 26.2 Å². The van der Waals surface area contributed by atoms with E-state index in [1.54, 1.807) is 5.92 Å². The second kappa shape index (κ2) is 4.20. The molecule has 1 radical (unpaired) electrons. The minimum absolute atomic E-state index is 0. The third kappa shape index (κ3) is 2.56. The van der Waals surface area contributed by atoms with Gasteiger partial charge in [-0.25, -0.2) is 0 Å². The molecule has 0 unspecified atom stereocenters. The van der Waals surface area contributed by atoms with Gasteiger partial charge in [0.2, 0.25) is 0 Å². The third-order valence-electron chi connectivity index (χ3n) is 1.71. The van der Waals surface area contributed by atoms with Gasteiger partial charge in [-0.2, -0.15) is 0 Å². The highest BCUT2D eigenvalue weighted by atomic mass is 35.5. The molecule has 0 aromatic heterocycles. The van der Waals surface area contributed by atoms with E-state index in [2.05, 4.69) is 6.92 Å². The van der Waals surface area contributed by atoms with Gasteiger partial charge in [0.25, 0.3) is 0 Å². The van der Waals surface area contributed by atoms with Crippen LogP contribution < -0.4 is 0 Å². The molecule has 8 heavy (non-hydrogen) atoms. The van der Waals surface area contributed by atoms with Gasteiger partial charge in [-0.15, -0.1) is 12.4 Å². The van der Waals surface area contributed by atoms with Gasteiger partial charge >= 0.3 is 0 Å². The maximum absolute atomic E-state index is 2.28. The van der Waals surface area contributed by atoms with Crippen LogP contribution in [0.4, 0.5) is 0 Å². The molecule has 0 nitrogen and oxygen atoms in total. The first-order chi connectivity index (χ1) is 3.39. The van der Waals surface area contributed by atoms with E-state index >= 15 is 0 Å². The third-order valence-corrected chi connectivity index (χ3v) is 1.71. The first-order valence-corrected chi connectivity index (χ1v) is 3.21. The fraction of sp³-hybridized carbons (Fsp3) is 0.857. The van der Waals surface area contributed by atoms with Gasteiger partial charge in [-0.3, -0.25) is 0 Å². The van der Waals surface area contributed by atoms with Crippen LogP contribution in [-0.4, -0.2) is 0 Å². The van der Waals surface area contributed by atoms with Crippen LogP contribution in [0.15, 0.2) is 0 Å². The molecule has 1 saturated carbocycles. The highest BCUT2D eigenvalue weighted by Crippen LogP contribution is 2.23. The molecule has 1 aliphatic rings. The van der Waals surface area contributed by atoms with E-state index in [1.807, 2.05) is 0 Å². The topological polar surface area (TPSA) is 0 Å². The zero-order valence-electron chi connectivity index (χ0n) is 5.44. The van der Waals surface area contributed by atoms with E-state index in [9.17, 15) is 0 Å². The van der Waals surface area contributed by atoms with Crippen molar-refractivity contribution in [1.29, 1.82) is 0 Å². The Kier molecular flexibility index (Phi) is 4.35. The van der Waals surface area contributed by atoms with Crippen LogP contribution in [0.25, 0.3) is 0 Å². The summed E-state index contributed by atoms with van der Waals surface area (Å²) >= 11 is 0. The van der Waals surface area contributed by atoms with Crippen LogP contribution in [0.2, 0.25) is 0 Å². The summed E-state index contributed by atoms with van der Waals surface area (Å²) in [7, 11) is 0. The Morgan fingerprint density at radius 3 is 1.75 bits per heavy atom. The van der Waals surface area contributed by atoms with Crippen LogP contribution in [0.3, 0.4) is 0 Å². The summed E-state index contributed by atoms with van der Waals surface area (Å²) in [6, 6.07) is 0. The Morgan fingerprint density at radius 2 is 1.50 bits per heavy atom. The molecular formula is C7H14Cl. The van der Waals surface area contributed by atoms with Crippen LogP contribution in [0, 0.1) is 5.92 Å². The van der Waals surface area contributed by atoms with Crippen molar-refractivity contribution in [3.63, 3.8) is 0 Å². The van der Waals surface area contributed by atoms with Crippen molar-refractivity contribution >= 4 is 12.4 Å². The summed E-state index contributed by atoms with van der Waals surface area (Å²) in [5, 5.41) is 0. The predicted molar refractivity (Wildman–Crippen MR) is 39.3 cm³/mol. The molecule has 0 saturated heterocycles. The van der Waals surface area contributed by atoms with Crippen LogP contribution in [0.5, 0.6) is 0 Å². The summed E-state index contributed by atoms with van der Waals surface area (Å²) in [4.78, 5) is 0. The lowest BCUT2D eigenvalue weighted by atomic mass is 9.91. The molecule has 1 fully saturated rings. The van der Waals surface area contributed by atoms with E-state index in [0.29, 0.717) is 0 Å². The Morgan fingerprint density at radius 1 is 1.00 bits per heavy atom. The molecule has 0 amide bonds. The molecule has 0 atom stereocenters. The lowest BCUT2D eigenvalue weighted by molar-refractivity contribution is 0.539. The molecule has 0 aromatic carbocycles. The van der Waals surface area contributed by atoms with E-state index in [4.69, 9.17) is 0 Å². The molecule has 0 N–H and O–H groups in total. The van der Waals surface area contributed by atoms with E-state index < -0.39 is 0 Å². The predicted octanol–water partition coefficient (Wildman–Crippen LogP) is 2.97. The molecule has 1 rings (SSSR count). The Hall–Kier alpha value is 0.290. The van der Waals surface area contributed by atoms with E-state index in [1.165, 1.54) is 32.1 Å². The lowest BCUT2D eigenvalue weighted by Gasteiger charge is -2.14. The van der Waals surface area contributed by atoms with Crippen LogP contribution in [0.1, 0.15) is 39.0 Å². The van der Waals surface area contributed by atoms with Gasteiger partial charge in [-0.05, 0) is 18.8 Å². The fourth-order valence-corrected chi connectivity index (χ4v) is 1.16. The Balaban J connectivity index is 0.000000490. The molecule has 49 valence electrons. The van der Waals surface area contributed by atoms with Crippen molar-refractivity contribution in [1.82, 2.24) is 0 Å². The molecular weight excluding hydrogens is 120 g/mol. The molecule has 0 aliphatic heterocycles. The van der Waals surface area contributed by atoms with Crippen molar-refractivity contribution in [3.05, 3.63) is 5.92 Å². The Bertz CT molecular complexity index is 46.3. The molecule has 0 aromatic rings. The zero-order valence-corrected chi connectivity index (χ0v) is 6.26. The average Bonchev–Trinajstić information content (AvgIpc) is 1.69. The SMILES string of the molecule is C[C]1CCCCC1.Cl. The quantitative estimate of drug-likeness (QED) is 0.477. The first-order valence-electron chi connectivity index (χ1n) is 3.21. The maximum atomic E-state index is 2.28. The maximum Gasteiger partial charge on any atom is -0.0272 e. The molecule has 0 heterocycles. The zero-order chi connectivity index (χ0) is 5.11. The van der Waals surface area contributed by atoms with Crippen molar-refractivity contribution in [2.45, 2.75) is 39.0 Å². The fourth-order valence-electron chi connectivity index (χ4n) is 1.16. The van der Waals surface area contributed by atoms with Crippen molar-refractivity contribution in [2.24, 2.45) is 0 Å². The second-order valence-electron chi connectivity index (χ2n) is 2.52. The minimum atomic E-state index is 0. The standard InChI is InChI=1S/C7H13.ClH/c1-7-5-3-2-4-6-7;/h2-6H2,1H3;1H. The van der Waals surface area contributed by atoms with Gasteiger partial charge in [0.05, 0.1) is 0 Å². The highest BCUT2D eigenvalue weighted by Gasteiger charge is 2.06. The normalized spacial score (nSPS) is 22.1. The highest BCUT2D eigenvalue weighted by molar-refractivity contribution is 5.85. The van der Waals surface area contributed by atoms with E-state index in [0.717, 1.165) is 0 Å². The number of hydrogen-bond donors (Lipinski definition) is 0. The van der Waals surface area contributed by atoms with Crippen LogP contribution >= 0.6 is 12.4 Å². The van der Waals surface area contributed by atoms with E-state index in [-0.39, 0.29) is 12.4 Å². The van der Waals surface area contributed by atoms with Gasteiger partial charge < -0.3 is 0 Å². The smallest absolute Gasteiger partial charge is 0.0272 e. The van der Waals surface area contributed by atoms with Crippen molar-refractivity contribution < 1.29 is 0 Å². The van der Waals surface area contributed by atoms with Gasteiger partial charge in [0, 0.05) is 0 Å². The lowest BCUT2D eigenvalue weighted by Crippen LogP contribution is -1.97. The van der Waals surface area contributed by atoms with Crippen molar-refractivity contribution in [3.8, 4) is 0 Å². The largest absolute Gasteiger partial charge is 0.147 e. The number of hydrogen-bond acceptors (Lipinski definition) is 0. The number of rotatable bonds is 0. The number of halogens is 1. The summed E-state index contributed by atoms with van der Waals surface area (Å²) in [5.41, 5.74) is 0. The average molecular weight is 134 g/mol. The molecule has 0 spiro atoms. The summed E-state index contributed by atoms with van der Waals surface area (Å²) in [6.07, 6.45) is 7.18. The Labute approximate surface area is 58.1 Å². The summed E-state index contributed by atoms with van der Waals surface area (Å²) in [5.74, 6) is 1.71. The second-order valence-corrected chi connectivity index (χ2v) is 2.52. The summed E-state index contributed by atoms with van der Waals surface area (Å²) in [6.45, 7) is 2.28. The minimum Gasteiger partial charge on any atom is -0.147 e. The summed E-state index contributed by atoms with van der Waals surface area (Å²) < 4.78 is 0. The molecule has 0 bridgehead atoms. The molecule has 1 aliphatic carbocycles.